The van der Waals surface area contributed by atoms with Gasteiger partial charge >= 0.3 is 0 Å². The van der Waals surface area contributed by atoms with Gasteiger partial charge in [-0.15, -0.1) is 0 Å². The number of aliphatic hydroxyl groups is 1. The van der Waals surface area contributed by atoms with Crippen LogP contribution in [0.1, 0.15) is 49.1 Å². The summed E-state index contributed by atoms with van der Waals surface area (Å²) in [5.74, 6) is 1.50. The number of anilines is 1. The van der Waals surface area contributed by atoms with Gasteiger partial charge in [-0.2, -0.15) is 0 Å². The summed E-state index contributed by atoms with van der Waals surface area (Å²) in [6.07, 6.45) is 5.06. The van der Waals surface area contributed by atoms with Crippen molar-refractivity contribution in [3.8, 4) is 0 Å². The van der Waals surface area contributed by atoms with Crippen LogP contribution in [-0.4, -0.2) is 23.2 Å². The topological polar surface area (TPSA) is 36.4 Å². The third-order valence-electron chi connectivity index (χ3n) is 3.88. The van der Waals surface area contributed by atoms with Gasteiger partial charge in [0.05, 0.1) is 17.2 Å². The Morgan fingerprint density at radius 1 is 1.29 bits per heavy atom. The van der Waals surface area contributed by atoms with Gasteiger partial charge in [-0.05, 0) is 31.6 Å². The Morgan fingerprint density at radius 2 is 2.00 bits per heavy atom. The number of aromatic nitrogens is 1. The molecule has 0 spiro atoms. The second kappa shape index (κ2) is 4.58. The van der Waals surface area contributed by atoms with Crippen LogP contribution in [0.4, 0.5) is 5.13 Å². The van der Waals surface area contributed by atoms with E-state index in [0.717, 1.165) is 29.0 Å². The van der Waals surface area contributed by atoms with Crippen molar-refractivity contribution in [3.63, 3.8) is 0 Å². The molecule has 1 aromatic rings. The van der Waals surface area contributed by atoms with Crippen molar-refractivity contribution in [2.75, 3.05) is 18.0 Å². The fraction of sp³-hybridized carbons (Fsp3) is 0.769. The highest BCUT2D eigenvalue weighted by molar-refractivity contribution is 7.15. The quantitative estimate of drug-likeness (QED) is 0.898. The van der Waals surface area contributed by atoms with E-state index in [1.807, 2.05) is 0 Å². The average Bonchev–Trinajstić information content (AvgIpc) is 3.10. The van der Waals surface area contributed by atoms with E-state index in [1.54, 1.807) is 11.3 Å². The summed E-state index contributed by atoms with van der Waals surface area (Å²) >= 11 is 1.70. The molecular formula is C13H20N2OS. The summed E-state index contributed by atoms with van der Waals surface area (Å²) in [6.45, 7) is 4.75. The Kier molecular flexibility index (Phi) is 3.09. The third-order valence-corrected chi connectivity index (χ3v) is 4.99. The van der Waals surface area contributed by atoms with E-state index in [4.69, 9.17) is 4.98 Å². The first-order valence-electron chi connectivity index (χ1n) is 6.63. The van der Waals surface area contributed by atoms with Gasteiger partial charge in [0.15, 0.2) is 5.13 Å². The number of nitrogens with zero attached hydrogens (tertiary/aromatic N) is 2. The lowest BCUT2D eigenvalue weighted by Crippen LogP contribution is -2.32. The van der Waals surface area contributed by atoms with Gasteiger partial charge in [-0.1, -0.05) is 18.3 Å². The number of piperidine rings is 1. The number of rotatable bonds is 3. The Morgan fingerprint density at radius 3 is 2.59 bits per heavy atom. The maximum absolute atomic E-state index is 9.40. The molecule has 94 valence electrons. The third kappa shape index (κ3) is 2.33. The van der Waals surface area contributed by atoms with E-state index in [9.17, 15) is 5.11 Å². The normalized spacial score (nSPS) is 22.1. The molecule has 17 heavy (non-hydrogen) atoms. The highest BCUT2D eigenvalue weighted by Gasteiger charge is 2.30. The molecule has 4 heteroatoms. The number of hydrogen-bond donors (Lipinski definition) is 1. The van der Waals surface area contributed by atoms with Crippen LogP contribution in [0.15, 0.2) is 0 Å². The molecule has 0 amide bonds. The first-order valence-corrected chi connectivity index (χ1v) is 7.45. The molecule has 1 aromatic heterocycles. The van der Waals surface area contributed by atoms with E-state index in [-0.39, 0.29) is 6.61 Å². The lowest BCUT2D eigenvalue weighted by Gasteiger charge is -2.29. The summed E-state index contributed by atoms with van der Waals surface area (Å²) in [5, 5.41) is 10.5. The second-order valence-corrected chi connectivity index (χ2v) is 6.47. The van der Waals surface area contributed by atoms with Crippen LogP contribution in [-0.2, 0) is 6.61 Å². The van der Waals surface area contributed by atoms with Crippen molar-refractivity contribution in [1.82, 2.24) is 4.98 Å². The molecule has 1 N–H and O–H groups in total. The molecule has 1 saturated carbocycles. The van der Waals surface area contributed by atoms with Crippen molar-refractivity contribution < 1.29 is 5.11 Å². The predicted molar refractivity (Wildman–Crippen MR) is 70.6 cm³/mol. The summed E-state index contributed by atoms with van der Waals surface area (Å²) in [7, 11) is 0. The fourth-order valence-electron chi connectivity index (χ4n) is 2.47. The van der Waals surface area contributed by atoms with Crippen molar-refractivity contribution in [3.05, 3.63) is 10.6 Å². The van der Waals surface area contributed by atoms with Crippen LogP contribution in [0.2, 0.25) is 0 Å². The molecule has 0 aromatic carbocycles. The molecule has 1 saturated heterocycles. The molecule has 2 heterocycles. The van der Waals surface area contributed by atoms with E-state index < -0.39 is 0 Å². The molecule has 3 rings (SSSR count). The van der Waals surface area contributed by atoms with Crippen molar-refractivity contribution in [2.45, 2.75) is 45.1 Å². The molecule has 2 fully saturated rings. The first-order chi connectivity index (χ1) is 8.28. The lowest BCUT2D eigenvalue weighted by molar-refractivity contribution is 0.284. The Hall–Kier alpha value is -0.610. The van der Waals surface area contributed by atoms with Crippen molar-refractivity contribution in [2.24, 2.45) is 5.92 Å². The minimum atomic E-state index is 0.160. The summed E-state index contributed by atoms with van der Waals surface area (Å²) in [5.41, 5.74) is 1.19. The number of hydrogen-bond acceptors (Lipinski definition) is 4. The summed E-state index contributed by atoms with van der Waals surface area (Å²) < 4.78 is 0. The molecule has 0 bridgehead atoms. The van der Waals surface area contributed by atoms with Crippen LogP contribution >= 0.6 is 11.3 Å². The van der Waals surface area contributed by atoms with Gasteiger partial charge in [0.25, 0.3) is 0 Å². The summed E-state index contributed by atoms with van der Waals surface area (Å²) in [6, 6.07) is 0. The van der Waals surface area contributed by atoms with Crippen LogP contribution in [0.5, 0.6) is 0 Å². The van der Waals surface area contributed by atoms with Gasteiger partial charge in [-0.25, -0.2) is 4.98 Å². The van der Waals surface area contributed by atoms with E-state index >= 15 is 0 Å². The maximum atomic E-state index is 9.40. The fourth-order valence-corrected chi connectivity index (χ4v) is 3.53. The molecule has 1 aliphatic carbocycles. The zero-order valence-electron chi connectivity index (χ0n) is 10.4. The number of aliphatic hydroxyl groups excluding tert-OH is 1. The summed E-state index contributed by atoms with van der Waals surface area (Å²) in [4.78, 5) is 8.27. The van der Waals surface area contributed by atoms with Crippen molar-refractivity contribution >= 4 is 16.5 Å². The molecule has 0 unspecified atom stereocenters. The Balaban J connectivity index is 1.78. The largest absolute Gasteiger partial charge is 0.391 e. The first kappa shape index (κ1) is 11.5. The average molecular weight is 252 g/mol. The van der Waals surface area contributed by atoms with Gasteiger partial charge in [-0.3, -0.25) is 0 Å². The SMILES string of the molecule is CC1CCN(c2nc(C3CC3)c(CO)s2)CC1. The van der Waals surface area contributed by atoms with Gasteiger partial charge < -0.3 is 10.0 Å². The van der Waals surface area contributed by atoms with E-state index in [0.29, 0.717) is 5.92 Å². The molecule has 0 atom stereocenters. The second-order valence-electron chi connectivity index (χ2n) is 5.41. The molecule has 1 aliphatic heterocycles. The van der Waals surface area contributed by atoms with Gasteiger partial charge in [0.2, 0.25) is 0 Å². The zero-order valence-corrected chi connectivity index (χ0v) is 11.2. The Labute approximate surface area is 106 Å². The minimum absolute atomic E-state index is 0.160. The smallest absolute Gasteiger partial charge is 0.185 e. The van der Waals surface area contributed by atoms with Crippen LogP contribution in [0.25, 0.3) is 0 Å². The van der Waals surface area contributed by atoms with Gasteiger partial charge in [0, 0.05) is 19.0 Å². The lowest BCUT2D eigenvalue weighted by atomic mass is 10.00. The van der Waals surface area contributed by atoms with Crippen molar-refractivity contribution in [1.29, 1.82) is 0 Å². The molecule has 2 aliphatic rings. The highest BCUT2D eigenvalue weighted by atomic mass is 32.1. The molecular weight excluding hydrogens is 232 g/mol. The highest BCUT2D eigenvalue weighted by Crippen LogP contribution is 2.44. The zero-order chi connectivity index (χ0) is 11.8. The van der Waals surface area contributed by atoms with E-state index in [2.05, 4.69) is 11.8 Å². The molecule has 0 radical (unpaired) electrons. The minimum Gasteiger partial charge on any atom is -0.391 e. The number of thiazole rings is 1. The standard InChI is InChI=1S/C13H20N2OS/c1-9-4-6-15(7-5-9)13-14-12(10-2-3-10)11(8-16)17-13/h9-10,16H,2-8H2,1H3. The predicted octanol–water partition coefficient (Wildman–Crippen LogP) is 2.75. The monoisotopic (exact) mass is 252 g/mol. The van der Waals surface area contributed by atoms with E-state index in [1.165, 1.54) is 31.4 Å². The maximum Gasteiger partial charge on any atom is 0.185 e. The molecule has 3 nitrogen and oxygen atoms in total. The Bertz CT molecular complexity index is 392. The van der Waals surface area contributed by atoms with Gasteiger partial charge in [0.1, 0.15) is 0 Å². The van der Waals surface area contributed by atoms with Crippen LogP contribution in [0, 0.1) is 5.92 Å². The van der Waals surface area contributed by atoms with Crippen LogP contribution < -0.4 is 4.90 Å². The van der Waals surface area contributed by atoms with Crippen LogP contribution in [0.3, 0.4) is 0 Å².